The average molecular weight is 278 g/mol. The number of H-pyrrole nitrogens is 1. The quantitative estimate of drug-likeness (QED) is 0.832. The second-order valence-corrected chi connectivity index (χ2v) is 4.96. The molecule has 0 bridgehead atoms. The van der Waals surface area contributed by atoms with E-state index in [4.69, 9.17) is 17.0 Å². The van der Waals surface area contributed by atoms with E-state index in [-0.39, 0.29) is 11.9 Å². The van der Waals surface area contributed by atoms with Crippen LogP contribution in [0.1, 0.15) is 12.8 Å². The second-order valence-electron chi connectivity index (χ2n) is 4.57. The van der Waals surface area contributed by atoms with Crippen molar-refractivity contribution in [2.75, 3.05) is 7.11 Å². The van der Waals surface area contributed by atoms with Gasteiger partial charge < -0.3 is 15.0 Å². The van der Waals surface area contributed by atoms with Gasteiger partial charge in [0.05, 0.1) is 12.6 Å². The van der Waals surface area contributed by atoms with E-state index in [2.05, 4.69) is 15.3 Å². The molecule has 3 heterocycles. The number of carbonyl (C=O) groups excluding carboxylic acids is 1. The maximum absolute atomic E-state index is 11.2. The second kappa shape index (κ2) is 4.65. The molecule has 0 aliphatic carbocycles. The summed E-state index contributed by atoms with van der Waals surface area (Å²) in [5.41, 5.74) is 1.63. The minimum absolute atomic E-state index is 0.0990. The number of aromatic amines is 1. The third-order valence-electron chi connectivity index (χ3n) is 3.29. The van der Waals surface area contributed by atoms with Gasteiger partial charge in [-0.1, -0.05) is 0 Å². The number of carbonyl (C=O) groups is 1. The topological polar surface area (TPSA) is 71.9 Å². The molecule has 0 saturated carbocycles. The summed E-state index contributed by atoms with van der Waals surface area (Å²) in [4.78, 5) is 18.8. The number of hydrogen-bond acceptors (Lipinski definition) is 4. The summed E-state index contributed by atoms with van der Waals surface area (Å²) in [6.45, 7) is 0.630. The molecule has 100 valence electrons. The summed E-state index contributed by atoms with van der Waals surface area (Å²) in [7, 11) is 1.58. The van der Waals surface area contributed by atoms with Crippen molar-refractivity contribution in [3.8, 4) is 5.88 Å². The number of pyridine rings is 1. The van der Waals surface area contributed by atoms with Gasteiger partial charge in [-0.15, -0.1) is 0 Å². The van der Waals surface area contributed by atoms with Crippen LogP contribution in [0.4, 0.5) is 0 Å². The number of hydrogen-bond donors (Lipinski definition) is 2. The van der Waals surface area contributed by atoms with E-state index < -0.39 is 0 Å². The molecular formula is C12H14N4O2S. The van der Waals surface area contributed by atoms with Crippen LogP contribution >= 0.6 is 12.2 Å². The van der Waals surface area contributed by atoms with Crippen molar-refractivity contribution in [1.82, 2.24) is 19.9 Å². The minimum atomic E-state index is 0.0990. The van der Waals surface area contributed by atoms with E-state index in [0.717, 1.165) is 17.6 Å². The van der Waals surface area contributed by atoms with Gasteiger partial charge in [0.25, 0.3) is 0 Å². The number of fused-ring (bicyclic) bond motifs is 1. The van der Waals surface area contributed by atoms with Gasteiger partial charge in [0.2, 0.25) is 11.8 Å². The number of methoxy groups -OCH3 is 1. The molecule has 2 N–H and O–H groups in total. The van der Waals surface area contributed by atoms with Crippen molar-refractivity contribution in [3.05, 3.63) is 16.9 Å². The summed E-state index contributed by atoms with van der Waals surface area (Å²) in [6, 6.07) is 3.79. The first kappa shape index (κ1) is 12.2. The summed E-state index contributed by atoms with van der Waals surface area (Å²) >= 11 is 5.31. The number of amides is 1. The normalized spacial score (nSPS) is 18.8. The minimum Gasteiger partial charge on any atom is -0.481 e. The maximum Gasteiger partial charge on any atom is 0.220 e. The highest BCUT2D eigenvalue weighted by molar-refractivity contribution is 7.71. The van der Waals surface area contributed by atoms with Gasteiger partial charge in [0.15, 0.2) is 10.4 Å². The van der Waals surface area contributed by atoms with Crippen LogP contribution in [0.15, 0.2) is 12.1 Å². The Bertz CT molecular complexity index is 691. The van der Waals surface area contributed by atoms with Gasteiger partial charge in [0.1, 0.15) is 0 Å². The fourth-order valence-electron chi connectivity index (χ4n) is 2.33. The number of rotatable bonds is 3. The van der Waals surface area contributed by atoms with Crippen LogP contribution in [0.2, 0.25) is 0 Å². The molecule has 3 rings (SSSR count). The van der Waals surface area contributed by atoms with Crippen molar-refractivity contribution in [2.45, 2.75) is 25.4 Å². The van der Waals surface area contributed by atoms with Crippen molar-refractivity contribution in [3.63, 3.8) is 0 Å². The fourth-order valence-corrected chi connectivity index (χ4v) is 2.60. The molecule has 1 fully saturated rings. The Kier molecular flexibility index (Phi) is 2.98. The zero-order valence-corrected chi connectivity index (χ0v) is 11.3. The van der Waals surface area contributed by atoms with Crippen LogP contribution in [0.3, 0.4) is 0 Å². The summed E-state index contributed by atoms with van der Waals surface area (Å²) in [6.07, 6.45) is 1.41. The van der Waals surface area contributed by atoms with E-state index in [0.29, 0.717) is 23.6 Å². The Balaban J connectivity index is 1.99. The Hall–Kier alpha value is -1.89. The zero-order chi connectivity index (χ0) is 13.4. The molecule has 0 radical (unpaired) electrons. The lowest BCUT2D eigenvalue weighted by molar-refractivity contribution is -0.119. The highest BCUT2D eigenvalue weighted by Crippen LogP contribution is 2.18. The molecule has 0 spiro atoms. The number of nitrogens with zero attached hydrogens (tertiary/aromatic N) is 2. The van der Waals surface area contributed by atoms with Crippen LogP contribution in [-0.2, 0) is 11.3 Å². The molecule has 1 aliphatic rings. The van der Waals surface area contributed by atoms with Gasteiger partial charge in [-0.05, 0) is 24.7 Å². The molecule has 1 amide bonds. The van der Waals surface area contributed by atoms with Gasteiger partial charge in [0, 0.05) is 25.1 Å². The third-order valence-corrected chi connectivity index (χ3v) is 3.61. The van der Waals surface area contributed by atoms with Crippen LogP contribution in [0.5, 0.6) is 5.88 Å². The molecular weight excluding hydrogens is 264 g/mol. The third kappa shape index (κ3) is 2.21. The van der Waals surface area contributed by atoms with Crippen LogP contribution in [0, 0.1) is 4.77 Å². The van der Waals surface area contributed by atoms with Gasteiger partial charge >= 0.3 is 0 Å². The Labute approximate surface area is 114 Å². The maximum atomic E-state index is 11.2. The van der Waals surface area contributed by atoms with Crippen molar-refractivity contribution in [1.29, 1.82) is 0 Å². The molecule has 19 heavy (non-hydrogen) atoms. The highest BCUT2D eigenvalue weighted by Gasteiger charge is 2.22. The van der Waals surface area contributed by atoms with Gasteiger partial charge in [-0.2, -0.15) is 4.98 Å². The summed E-state index contributed by atoms with van der Waals surface area (Å²) in [5.74, 6) is 0.646. The lowest BCUT2D eigenvalue weighted by atomic mass is 10.2. The van der Waals surface area contributed by atoms with Gasteiger partial charge in [-0.25, -0.2) is 0 Å². The molecule has 7 heteroatoms. The molecule has 1 aliphatic heterocycles. The summed E-state index contributed by atoms with van der Waals surface area (Å²) in [5, 5.41) is 2.93. The first-order valence-corrected chi connectivity index (χ1v) is 6.51. The molecule has 1 atom stereocenters. The largest absolute Gasteiger partial charge is 0.481 e. The lowest BCUT2D eigenvalue weighted by Crippen LogP contribution is -2.29. The van der Waals surface area contributed by atoms with E-state index in [1.165, 1.54) is 0 Å². The van der Waals surface area contributed by atoms with Crippen LogP contribution in [-0.4, -0.2) is 33.6 Å². The highest BCUT2D eigenvalue weighted by atomic mass is 32.1. The van der Waals surface area contributed by atoms with Gasteiger partial charge in [-0.3, -0.25) is 9.36 Å². The number of ether oxygens (including phenoxy) is 1. The predicted molar refractivity (Wildman–Crippen MR) is 72.6 cm³/mol. The fraction of sp³-hybridized carbons (Fsp3) is 0.417. The molecule has 2 aromatic heterocycles. The molecule has 6 nitrogen and oxygen atoms in total. The number of aromatic nitrogens is 3. The van der Waals surface area contributed by atoms with E-state index in [1.807, 2.05) is 10.6 Å². The molecule has 1 unspecified atom stereocenters. The van der Waals surface area contributed by atoms with E-state index in [9.17, 15) is 4.79 Å². The van der Waals surface area contributed by atoms with Crippen molar-refractivity contribution < 1.29 is 9.53 Å². The first-order chi connectivity index (χ1) is 9.17. The molecule has 1 saturated heterocycles. The lowest BCUT2D eigenvalue weighted by Gasteiger charge is -2.11. The average Bonchev–Trinajstić information content (AvgIpc) is 2.94. The molecule has 2 aromatic rings. The number of nitrogens with one attached hydrogen (secondary N) is 2. The monoisotopic (exact) mass is 278 g/mol. The smallest absolute Gasteiger partial charge is 0.220 e. The van der Waals surface area contributed by atoms with E-state index in [1.54, 1.807) is 13.2 Å². The SMILES string of the molecule is COc1ccc2[nH]c(=S)n(CC3CCC(=O)N3)c2n1. The Morgan fingerprint density at radius 3 is 3.11 bits per heavy atom. The number of imidazole rings is 1. The Morgan fingerprint density at radius 2 is 2.42 bits per heavy atom. The first-order valence-electron chi connectivity index (χ1n) is 6.10. The van der Waals surface area contributed by atoms with Crippen LogP contribution < -0.4 is 10.1 Å². The molecule has 0 aromatic carbocycles. The van der Waals surface area contributed by atoms with Crippen molar-refractivity contribution in [2.24, 2.45) is 0 Å². The summed E-state index contributed by atoms with van der Waals surface area (Å²) < 4.78 is 7.65. The zero-order valence-electron chi connectivity index (χ0n) is 10.5. The van der Waals surface area contributed by atoms with Crippen LogP contribution in [0.25, 0.3) is 11.2 Å². The Morgan fingerprint density at radius 1 is 1.58 bits per heavy atom. The van der Waals surface area contributed by atoms with E-state index >= 15 is 0 Å². The standard InChI is InChI=1S/C12H14N4O2S/c1-18-10-5-3-8-11(15-10)16(12(19)14-8)6-7-2-4-9(17)13-7/h3,5,7H,2,4,6H2,1H3,(H,13,17)(H,14,19). The predicted octanol–water partition coefficient (Wildman–Crippen LogP) is 1.38. The van der Waals surface area contributed by atoms with Crippen molar-refractivity contribution >= 4 is 29.3 Å².